The Morgan fingerprint density at radius 2 is 2.04 bits per heavy atom. The minimum Gasteiger partial charge on any atom is -0.408 e. The van der Waals surface area contributed by atoms with Crippen molar-refractivity contribution in [2.75, 3.05) is 18.8 Å². The molecule has 0 spiro atoms. The molecule has 3 rings (SSSR count). The number of thiazole rings is 1. The summed E-state index contributed by atoms with van der Waals surface area (Å²) in [7, 11) is 0.548. The molecule has 0 saturated heterocycles. The zero-order chi connectivity index (χ0) is 20.1. The highest BCUT2D eigenvalue weighted by Gasteiger charge is 2.24. The summed E-state index contributed by atoms with van der Waals surface area (Å²) in [5.41, 5.74) is 0.867. The number of carbonyl (C=O) groups excluding carboxylic acids is 1. The molecule has 0 saturated carbocycles. The highest BCUT2D eigenvalue weighted by molar-refractivity contribution is 7.93. The fourth-order valence-corrected chi connectivity index (χ4v) is 5.11. The molecule has 0 bridgehead atoms. The molecular weight excluding hydrogens is 416 g/mol. The molecule has 2 heterocycles. The summed E-state index contributed by atoms with van der Waals surface area (Å²) in [6, 6.07) is 2.51. The van der Waals surface area contributed by atoms with Gasteiger partial charge in [-0.1, -0.05) is 22.9 Å². The average Bonchev–Trinajstić information content (AvgIpc) is 3.05. The van der Waals surface area contributed by atoms with Crippen LogP contribution in [0.25, 0.3) is 11.1 Å². The molecule has 1 N–H and O–H groups in total. The van der Waals surface area contributed by atoms with Crippen LogP contribution in [0.5, 0.6) is 0 Å². The van der Waals surface area contributed by atoms with Gasteiger partial charge in [-0.15, -0.1) is 0 Å². The first-order chi connectivity index (χ1) is 12.5. The van der Waals surface area contributed by atoms with Crippen molar-refractivity contribution in [1.82, 2.24) is 14.5 Å². The summed E-state index contributed by atoms with van der Waals surface area (Å²) in [5, 5.41) is -0.0485. The van der Waals surface area contributed by atoms with Crippen molar-refractivity contribution in [1.29, 1.82) is 0 Å². The second-order valence-electron chi connectivity index (χ2n) is 5.92. The van der Waals surface area contributed by atoms with Crippen molar-refractivity contribution in [3.05, 3.63) is 38.3 Å². The maximum atomic E-state index is 12.7. The van der Waals surface area contributed by atoms with E-state index in [1.165, 1.54) is 28.6 Å². The van der Waals surface area contributed by atoms with Gasteiger partial charge >= 0.3 is 5.76 Å². The number of oxazole rings is 1. The van der Waals surface area contributed by atoms with E-state index in [2.05, 4.69) is 9.71 Å². The monoisotopic (exact) mass is 430 g/mol. The maximum absolute atomic E-state index is 12.7. The van der Waals surface area contributed by atoms with Gasteiger partial charge in [0, 0.05) is 27.2 Å². The number of benzene rings is 1. The third-order valence-electron chi connectivity index (χ3n) is 3.75. The fraction of sp³-hybridized carbons (Fsp3) is 0.267. The van der Waals surface area contributed by atoms with Crippen molar-refractivity contribution in [3.8, 4) is 0 Å². The maximum Gasteiger partial charge on any atom is 0.419 e. The topological polar surface area (TPSA) is 115 Å². The zero-order valence-corrected chi connectivity index (χ0v) is 17.1. The second kappa shape index (κ2) is 6.66. The van der Waals surface area contributed by atoms with Gasteiger partial charge in [0.2, 0.25) is 0 Å². The van der Waals surface area contributed by atoms with Crippen LogP contribution in [-0.4, -0.2) is 42.9 Å². The van der Waals surface area contributed by atoms with E-state index in [1.807, 2.05) is 0 Å². The van der Waals surface area contributed by atoms with Crippen LogP contribution in [0, 0.1) is 6.92 Å². The number of carbonyl (C=O) groups is 1. The lowest BCUT2D eigenvalue weighted by Crippen LogP contribution is -2.21. The normalized spacial score (nSPS) is 11.7. The highest BCUT2D eigenvalue weighted by atomic mass is 35.5. The number of aromatic nitrogens is 2. The predicted molar refractivity (Wildman–Crippen MR) is 102 cm³/mol. The molecule has 0 radical (unpaired) electrons. The highest BCUT2D eigenvalue weighted by Crippen LogP contribution is 2.30. The Morgan fingerprint density at radius 3 is 2.67 bits per heavy atom. The molecule has 1 aromatic carbocycles. The van der Waals surface area contributed by atoms with Gasteiger partial charge in [-0.2, -0.15) is 0 Å². The molecule has 0 atom stereocenters. The lowest BCUT2D eigenvalue weighted by molar-refractivity contribution is 0.0831. The molecular formula is C15H15ClN4O5S2. The number of amides is 1. The van der Waals surface area contributed by atoms with Gasteiger partial charge in [0.1, 0.15) is 9.77 Å². The van der Waals surface area contributed by atoms with Crippen LogP contribution in [0.2, 0.25) is 5.02 Å². The van der Waals surface area contributed by atoms with Crippen LogP contribution < -0.4 is 10.5 Å². The summed E-state index contributed by atoms with van der Waals surface area (Å²) in [6.45, 7) is 1.61. The van der Waals surface area contributed by atoms with E-state index in [0.29, 0.717) is 16.1 Å². The van der Waals surface area contributed by atoms with Gasteiger partial charge in [0.05, 0.1) is 16.2 Å². The fourth-order valence-electron chi connectivity index (χ4n) is 2.35. The molecule has 0 aliphatic heterocycles. The van der Waals surface area contributed by atoms with Gasteiger partial charge in [0.25, 0.3) is 15.9 Å². The Balaban J connectivity index is 2.02. The van der Waals surface area contributed by atoms with Crippen LogP contribution in [0.4, 0.5) is 5.13 Å². The molecule has 1 amide bonds. The molecule has 0 unspecified atom stereocenters. The number of hydrogen-bond acceptors (Lipinski definition) is 7. The molecule has 0 aliphatic carbocycles. The Labute approximate surface area is 163 Å². The number of rotatable bonds is 4. The van der Waals surface area contributed by atoms with Gasteiger partial charge in [0.15, 0.2) is 10.7 Å². The number of sulfonamides is 1. The van der Waals surface area contributed by atoms with Gasteiger partial charge in [-0.25, -0.2) is 18.2 Å². The van der Waals surface area contributed by atoms with E-state index < -0.39 is 15.8 Å². The lowest BCUT2D eigenvalue weighted by Gasteiger charge is -2.08. The van der Waals surface area contributed by atoms with Crippen molar-refractivity contribution in [3.63, 3.8) is 0 Å². The quantitative estimate of drug-likeness (QED) is 0.677. The molecule has 3 aromatic rings. The smallest absolute Gasteiger partial charge is 0.408 e. The van der Waals surface area contributed by atoms with Crippen molar-refractivity contribution >= 4 is 55.1 Å². The largest absolute Gasteiger partial charge is 0.419 e. The number of hydrogen-bond donors (Lipinski definition) is 1. The number of fused-ring (bicyclic) bond motifs is 1. The predicted octanol–water partition coefficient (Wildman–Crippen LogP) is 2.05. The number of nitrogens with one attached hydrogen (secondary N) is 1. The number of halogens is 1. The third-order valence-corrected chi connectivity index (χ3v) is 6.75. The van der Waals surface area contributed by atoms with E-state index in [4.69, 9.17) is 16.0 Å². The van der Waals surface area contributed by atoms with E-state index in [9.17, 15) is 18.0 Å². The first-order valence-corrected chi connectivity index (χ1v) is 10.2. The average molecular weight is 431 g/mol. The number of aryl methyl sites for hydroxylation is 2. The van der Waals surface area contributed by atoms with Crippen LogP contribution in [0.1, 0.15) is 15.4 Å². The standard InChI is InChI=1S/C15H15ClN4O5S2/c1-7-12(13(21)19(2)3)26-14(17-7)18-27(23,24)11-6-10-9(5-8(11)16)20(4)15(22)25-10/h5-6H,1-4H3,(H,17,18). The summed E-state index contributed by atoms with van der Waals surface area (Å²) in [5.74, 6) is -0.910. The van der Waals surface area contributed by atoms with Crippen molar-refractivity contribution < 1.29 is 17.6 Å². The van der Waals surface area contributed by atoms with Crippen molar-refractivity contribution in [2.45, 2.75) is 11.8 Å². The second-order valence-corrected chi connectivity index (χ2v) is 8.97. The van der Waals surface area contributed by atoms with Gasteiger partial charge < -0.3 is 9.32 Å². The van der Waals surface area contributed by atoms with E-state index in [0.717, 1.165) is 11.3 Å². The first kappa shape index (κ1) is 19.4. The number of anilines is 1. The summed E-state index contributed by atoms with van der Waals surface area (Å²) < 4.78 is 34.0. The summed E-state index contributed by atoms with van der Waals surface area (Å²) in [4.78, 5) is 29.2. The summed E-state index contributed by atoms with van der Waals surface area (Å²) >= 11 is 7.03. The Morgan fingerprint density at radius 1 is 1.37 bits per heavy atom. The molecule has 12 heteroatoms. The molecule has 9 nitrogen and oxygen atoms in total. The van der Waals surface area contributed by atoms with Crippen LogP contribution in [-0.2, 0) is 17.1 Å². The van der Waals surface area contributed by atoms with Gasteiger partial charge in [-0.3, -0.25) is 14.1 Å². The van der Waals surface area contributed by atoms with E-state index in [1.54, 1.807) is 21.0 Å². The van der Waals surface area contributed by atoms with Crippen LogP contribution in [0.3, 0.4) is 0 Å². The van der Waals surface area contributed by atoms with E-state index >= 15 is 0 Å². The first-order valence-electron chi connectivity index (χ1n) is 7.52. The molecule has 2 aromatic heterocycles. The van der Waals surface area contributed by atoms with E-state index in [-0.39, 0.29) is 26.5 Å². The summed E-state index contributed by atoms with van der Waals surface area (Å²) in [6.07, 6.45) is 0. The lowest BCUT2D eigenvalue weighted by atomic mass is 10.3. The molecule has 27 heavy (non-hydrogen) atoms. The molecule has 0 aliphatic rings. The van der Waals surface area contributed by atoms with Crippen LogP contribution >= 0.6 is 22.9 Å². The number of nitrogens with zero attached hydrogens (tertiary/aromatic N) is 3. The van der Waals surface area contributed by atoms with Gasteiger partial charge in [-0.05, 0) is 13.0 Å². The van der Waals surface area contributed by atoms with Crippen molar-refractivity contribution in [2.24, 2.45) is 7.05 Å². The van der Waals surface area contributed by atoms with Crippen LogP contribution in [0.15, 0.2) is 26.2 Å². The Bertz CT molecular complexity index is 1220. The third kappa shape index (κ3) is 3.45. The SMILES string of the molecule is Cc1nc(NS(=O)(=O)c2cc3oc(=O)n(C)c3cc2Cl)sc1C(=O)N(C)C. The zero-order valence-electron chi connectivity index (χ0n) is 14.7. The minimum absolute atomic E-state index is 0.0309. The molecule has 144 valence electrons. The molecule has 0 fully saturated rings. The Hall–Kier alpha value is -2.37. The minimum atomic E-state index is -4.12. The Kier molecular flexibility index (Phi) is 4.78.